The molecule has 138 valence electrons. The van der Waals surface area contributed by atoms with Gasteiger partial charge in [-0.1, -0.05) is 12.1 Å². The molecule has 1 fully saturated rings. The number of methoxy groups -OCH3 is 2. The minimum absolute atomic E-state index is 0.00425. The second kappa shape index (κ2) is 9.39. The van der Waals surface area contributed by atoms with E-state index in [0.717, 1.165) is 11.3 Å². The van der Waals surface area contributed by atoms with E-state index in [4.69, 9.17) is 9.47 Å². The number of aliphatic hydroxyl groups excluding tert-OH is 1. The molecule has 1 aliphatic rings. The number of piperidine rings is 1. The fraction of sp³-hybridized carbons (Fsp3) is 0.556. The third kappa shape index (κ3) is 5.72. The summed E-state index contributed by atoms with van der Waals surface area (Å²) in [7, 11) is 3.07. The van der Waals surface area contributed by atoms with Crippen molar-refractivity contribution in [2.24, 2.45) is 0 Å². The molecule has 0 saturated carbocycles. The van der Waals surface area contributed by atoms with Crippen LogP contribution in [0.25, 0.3) is 0 Å². The van der Waals surface area contributed by atoms with E-state index in [-0.39, 0.29) is 31.0 Å². The lowest BCUT2D eigenvalue weighted by atomic mass is 10.0. The summed E-state index contributed by atoms with van der Waals surface area (Å²) in [5, 5.41) is 13.1. The number of aryl methyl sites for hydroxylation is 1. The number of rotatable bonds is 7. The molecular formula is C18H26N2O5. The van der Waals surface area contributed by atoms with Gasteiger partial charge in [-0.15, -0.1) is 0 Å². The van der Waals surface area contributed by atoms with E-state index in [0.29, 0.717) is 25.8 Å². The Labute approximate surface area is 147 Å². The van der Waals surface area contributed by atoms with E-state index in [2.05, 4.69) is 5.32 Å². The molecule has 1 aromatic rings. The Balaban J connectivity index is 1.78. The molecule has 2 rings (SSSR count). The van der Waals surface area contributed by atoms with E-state index in [1.54, 1.807) is 12.0 Å². The van der Waals surface area contributed by atoms with E-state index in [1.165, 1.54) is 7.11 Å². The number of amides is 2. The van der Waals surface area contributed by atoms with Gasteiger partial charge in [-0.25, -0.2) is 0 Å². The molecular weight excluding hydrogens is 324 g/mol. The van der Waals surface area contributed by atoms with Crippen LogP contribution in [-0.2, 0) is 20.7 Å². The maximum Gasteiger partial charge on any atom is 0.248 e. The Bertz CT molecular complexity index is 593. The Kier molecular flexibility index (Phi) is 7.21. The van der Waals surface area contributed by atoms with Crippen LogP contribution in [0.5, 0.6) is 5.75 Å². The quantitative estimate of drug-likeness (QED) is 0.741. The Morgan fingerprint density at radius 1 is 1.36 bits per heavy atom. The number of hydrogen-bond donors (Lipinski definition) is 2. The average molecular weight is 350 g/mol. The second-order valence-corrected chi connectivity index (χ2v) is 6.15. The van der Waals surface area contributed by atoms with Gasteiger partial charge in [-0.3, -0.25) is 9.59 Å². The lowest BCUT2D eigenvalue weighted by Crippen LogP contribution is -2.55. The van der Waals surface area contributed by atoms with E-state index in [9.17, 15) is 14.7 Å². The van der Waals surface area contributed by atoms with Crippen LogP contribution in [0.15, 0.2) is 24.3 Å². The summed E-state index contributed by atoms with van der Waals surface area (Å²) >= 11 is 0. The van der Waals surface area contributed by atoms with Crippen molar-refractivity contribution >= 4 is 11.8 Å². The summed E-state index contributed by atoms with van der Waals surface area (Å²) in [5.41, 5.74) is 1.02. The summed E-state index contributed by atoms with van der Waals surface area (Å²) in [4.78, 5) is 25.5. The zero-order valence-electron chi connectivity index (χ0n) is 14.7. The van der Waals surface area contributed by atoms with Crippen molar-refractivity contribution in [1.82, 2.24) is 10.2 Å². The Hall–Kier alpha value is -2.12. The van der Waals surface area contributed by atoms with Gasteiger partial charge in [0.2, 0.25) is 11.8 Å². The van der Waals surface area contributed by atoms with Gasteiger partial charge in [-0.2, -0.15) is 0 Å². The Morgan fingerprint density at radius 3 is 2.84 bits per heavy atom. The highest BCUT2D eigenvalue weighted by Crippen LogP contribution is 2.15. The van der Waals surface area contributed by atoms with Crippen molar-refractivity contribution in [3.63, 3.8) is 0 Å². The van der Waals surface area contributed by atoms with Crippen LogP contribution in [-0.4, -0.2) is 67.9 Å². The first kappa shape index (κ1) is 19.2. The maximum atomic E-state index is 12.1. The summed E-state index contributed by atoms with van der Waals surface area (Å²) in [6, 6.07) is 7.28. The van der Waals surface area contributed by atoms with E-state index in [1.807, 2.05) is 24.3 Å². The molecule has 2 N–H and O–H groups in total. The van der Waals surface area contributed by atoms with Gasteiger partial charge in [0.1, 0.15) is 12.4 Å². The highest BCUT2D eigenvalue weighted by molar-refractivity contribution is 5.78. The molecule has 25 heavy (non-hydrogen) atoms. The largest absolute Gasteiger partial charge is 0.497 e. The number of carbonyl (C=O) groups is 2. The van der Waals surface area contributed by atoms with Crippen LogP contribution < -0.4 is 10.1 Å². The first-order valence-electron chi connectivity index (χ1n) is 8.40. The summed E-state index contributed by atoms with van der Waals surface area (Å²) in [6.45, 7) is 0.716. The SMILES string of the molecule is COCC(=O)N1CC[C@@H](NC(=O)CCc2cccc(OC)c2)[C@H](O)C1. The van der Waals surface area contributed by atoms with Gasteiger partial charge in [0.25, 0.3) is 0 Å². The number of hydrogen-bond acceptors (Lipinski definition) is 5. The molecule has 0 aliphatic carbocycles. The van der Waals surface area contributed by atoms with Gasteiger partial charge >= 0.3 is 0 Å². The number of β-amino-alcohol motifs (C(OH)–C–C–N with tert-alkyl or cyclic N) is 1. The number of nitrogens with zero attached hydrogens (tertiary/aromatic N) is 1. The molecule has 0 unspecified atom stereocenters. The maximum absolute atomic E-state index is 12.1. The summed E-state index contributed by atoms with van der Waals surface area (Å²) in [5.74, 6) is 0.509. The van der Waals surface area contributed by atoms with Crippen molar-refractivity contribution in [3.8, 4) is 5.75 Å². The fourth-order valence-corrected chi connectivity index (χ4v) is 2.91. The zero-order chi connectivity index (χ0) is 18.2. The molecule has 2 amide bonds. The van der Waals surface area contributed by atoms with Gasteiger partial charge < -0.3 is 24.8 Å². The van der Waals surface area contributed by atoms with Gasteiger partial charge in [0.05, 0.1) is 19.3 Å². The van der Waals surface area contributed by atoms with Crippen molar-refractivity contribution < 1.29 is 24.2 Å². The smallest absolute Gasteiger partial charge is 0.248 e. The number of aliphatic hydroxyl groups is 1. The van der Waals surface area contributed by atoms with Crippen molar-refractivity contribution in [3.05, 3.63) is 29.8 Å². The summed E-state index contributed by atoms with van der Waals surface area (Å²) < 4.78 is 9.99. The molecule has 1 aromatic carbocycles. The van der Waals surface area contributed by atoms with E-state index >= 15 is 0 Å². The minimum Gasteiger partial charge on any atom is -0.497 e. The number of benzene rings is 1. The molecule has 1 heterocycles. The fourth-order valence-electron chi connectivity index (χ4n) is 2.91. The molecule has 1 aliphatic heterocycles. The third-order valence-electron chi connectivity index (χ3n) is 4.32. The first-order chi connectivity index (χ1) is 12.0. The van der Waals surface area contributed by atoms with Crippen LogP contribution in [0.1, 0.15) is 18.4 Å². The highest BCUT2D eigenvalue weighted by atomic mass is 16.5. The van der Waals surface area contributed by atoms with Crippen molar-refractivity contribution in [2.75, 3.05) is 33.9 Å². The molecule has 0 bridgehead atoms. The van der Waals surface area contributed by atoms with Crippen LogP contribution in [0.4, 0.5) is 0 Å². The Morgan fingerprint density at radius 2 is 2.16 bits per heavy atom. The van der Waals surface area contributed by atoms with Crippen LogP contribution in [0, 0.1) is 0 Å². The molecule has 0 spiro atoms. The molecule has 0 aromatic heterocycles. The minimum atomic E-state index is -0.768. The van der Waals surface area contributed by atoms with Crippen molar-refractivity contribution in [1.29, 1.82) is 0 Å². The molecule has 0 radical (unpaired) electrons. The highest BCUT2D eigenvalue weighted by Gasteiger charge is 2.30. The average Bonchev–Trinajstić information content (AvgIpc) is 2.62. The normalized spacial score (nSPS) is 20.2. The molecule has 2 atom stereocenters. The lowest BCUT2D eigenvalue weighted by molar-refractivity contribution is -0.139. The number of ether oxygens (including phenoxy) is 2. The standard InChI is InChI=1S/C18H26N2O5/c1-24-12-18(23)20-9-8-15(16(21)11-20)19-17(22)7-6-13-4-3-5-14(10-13)25-2/h3-5,10,15-16,21H,6-9,11-12H2,1-2H3,(H,19,22)/t15-,16-/m1/s1. The third-order valence-corrected chi connectivity index (χ3v) is 4.32. The van der Waals surface area contributed by atoms with Gasteiger partial charge in [-0.05, 0) is 30.5 Å². The van der Waals surface area contributed by atoms with Crippen LogP contribution >= 0.6 is 0 Å². The first-order valence-corrected chi connectivity index (χ1v) is 8.40. The predicted octanol–water partition coefficient (Wildman–Crippen LogP) is 0.352. The second-order valence-electron chi connectivity index (χ2n) is 6.15. The van der Waals surface area contributed by atoms with Gasteiger partial charge in [0, 0.05) is 26.6 Å². The predicted molar refractivity (Wildman–Crippen MR) is 92.3 cm³/mol. The molecule has 7 nitrogen and oxygen atoms in total. The van der Waals surface area contributed by atoms with E-state index < -0.39 is 6.10 Å². The number of nitrogens with one attached hydrogen (secondary N) is 1. The monoisotopic (exact) mass is 350 g/mol. The molecule has 1 saturated heterocycles. The zero-order valence-corrected chi connectivity index (χ0v) is 14.7. The van der Waals surface area contributed by atoms with Crippen molar-refractivity contribution in [2.45, 2.75) is 31.4 Å². The topological polar surface area (TPSA) is 88.1 Å². The van der Waals surface area contributed by atoms with Crippen LogP contribution in [0.2, 0.25) is 0 Å². The number of likely N-dealkylation sites (tertiary alicyclic amines) is 1. The lowest BCUT2D eigenvalue weighted by Gasteiger charge is -2.36. The van der Waals surface area contributed by atoms with Gasteiger partial charge in [0.15, 0.2) is 0 Å². The molecule has 7 heteroatoms. The number of carbonyl (C=O) groups excluding carboxylic acids is 2. The summed E-state index contributed by atoms with van der Waals surface area (Å²) in [6.07, 6.45) is 0.699. The van der Waals surface area contributed by atoms with Crippen LogP contribution in [0.3, 0.4) is 0 Å².